The highest BCUT2D eigenvalue weighted by Gasteiger charge is 2.34. The summed E-state index contributed by atoms with van der Waals surface area (Å²) >= 11 is 0. The van der Waals surface area contributed by atoms with E-state index < -0.39 is 0 Å². The quantitative estimate of drug-likeness (QED) is 0.649. The molecule has 5 heteroatoms. The molecule has 4 rings (SSSR count). The first-order valence-corrected chi connectivity index (χ1v) is 11.4. The van der Waals surface area contributed by atoms with Gasteiger partial charge >= 0.3 is 0 Å². The Balaban J connectivity index is 1.62. The molecule has 1 atom stereocenters. The first-order valence-electron chi connectivity index (χ1n) is 11.4. The normalized spacial score (nSPS) is 19.7. The van der Waals surface area contributed by atoms with Crippen molar-refractivity contribution in [1.82, 2.24) is 9.91 Å². The van der Waals surface area contributed by atoms with Crippen molar-refractivity contribution < 1.29 is 9.18 Å². The van der Waals surface area contributed by atoms with Crippen LogP contribution in [-0.2, 0) is 4.79 Å². The predicted octanol–water partition coefficient (Wildman–Crippen LogP) is 5.38. The number of aryl methyl sites for hydroxylation is 2. The minimum Gasteiger partial charge on any atom is -0.295 e. The van der Waals surface area contributed by atoms with E-state index in [1.807, 2.05) is 13.1 Å². The maximum atomic E-state index is 14.0. The fourth-order valence-corrected chi connectivity index (χ4v) is 4.86. The third kappa shape index (κ3) is 4.87. The van der Waals surface area contributed by atoms with E-state index in [1.54, 1.807) is 11.1 Å². The van der Waals surface area contributed by atoms with E-state index in [0.717, 1.165) is 40.8 Å². The summed E-state index contributed by atoms with van der Waals surface area (Å²) in [6.45, 7) is 4.46. The second-order valence-corrected chi connectivity index (χ2v) is 9.09. The monoisotopic (exact) mass is 421 g/mol. The molecule has 0 N–H and O–H groups in total. The number of carbonyl (C=O) groups is 1. The van der Waals surface area contributed by atoms with Crippen LogP contribution in [0.25, 0.3) is 0 Å². The van der Waals surface area contributed by atoms with Gasteiger partial charge in [-0.25, -0.2) is 9.40 Å². The summed E-state index contributed by atoms with van der Waals surface area (Å²) in [5.41, 5.74) is 5.04. The van der Waals surface area contributed by atoms with Gasteiger partial charge in [0.2, 0.25) is 0 Å². The Morgan fingerprint density at radius 1 is 1.13 bits per heavy atom. The van der Waals surface area contributed by atoms with E-state index in [1.165, 1.54) is 31.4 Å². The number of amides is 1. The molecule has 31 heavy (non-hydrogen) atoms. The molecule has 0 bridgehead atoms. The SMILES string of the molecule is Cc1ccc(C)c(C2=NN(C(=O)CN(C)C3CCCCC3)[C@H](c3cccc(F)c3)C2)c1. The molecule has 0 aromatic heterocycles. The molecule has 1 heterocycles. The highest BCUT2D eigenvalue weighted by molar-refractivity contribution is 6.04. The number of rotatable bonds is 5. The number of likely N-dealkylation sites (N-methyl/N-ethyl adjacent to an activating group) is 1. The van der Waals surface area contributed by atoms with Crippen molar-refractivity contribution >= 4 is 11.6 Å². The first kappa shape index (κ1) is 21.7. The number of halogens is 1. The zero-order valence-electron chi connectivity index (χ0n) is 18.8. The molecule has 0 radical (unpaired) electrons. The summed E-state index contributed by atoms with van der Waals surface area (Å²) in [5.74, 6) is -0.313. The van der Waals surface area contributed by atoms with Gasteiger partial charge in [-0.2, -0.15) is 5.10 Å². The number of hydrazone groups is 1. The molecule has 164 valence electrons. The molecule has 2 aromatic carbocycles. The molecular weight excluding hydrogens is 389 g/mol. The highest BCUT2D eigenvalue weighted by atomic mass is 19.1. The molecule has 2 aromatic rings. The average molecular weight is 422 g/mol. The van der Waals surface area contributed by atoms with Crippen LogP contribution < -0.4 is 0 Å². The van der Waals surface area contributed by atoms with Crippen molar-refractivity contribution in [2.75, 3.05) is 13.6 Å². The van der Waals surface area contributed by atoms with Gasteiger partial charge in [0.05, 0.1) is 18.3 Å². The van der Waals surface area contributed by atoms with Crippen molar-refractivity contribution in [2.45, 2.75) is 64.5 Å². The largest absolute Gasteiger partial charge is 0.295 e. The van der Waals surface area contributed by atoms with Crippen LogP contribution in [0.5, 0.6) is 0 Å². The minimum absolute atomic E-state index is 0.0253. The number of benzene rings is 2. The summed E-state index contributed by atoms with van der Waals surface area (Å²) in [5, 5.41) is 6.40. The standard InChI is InChI=1S/C26H32FN3O/c1-18-12-13-19(2)23(14-18)24-16-25(20-8-7-9-21(27)15-20)30(28-24)26(31)17-29(3)22-10-5-4-6-11-22/h7-9,12-15,22,25H,4-6,10-11,16-17H2,1-3H3/t25-/m0/s1. The van der Waals surface area contributed by atoms with Crippen molar-refractivity contribution in [3.05, 3.63) is 70.5 Å². The van der Waals surface area contributed by atoms with Gasteiger partial charge in [-0.15, -0.1) is 0 Å². The van der Waals surface area contributed by atoms with Crippen LogP contribution in [0, 0.1) is 19.7 Å². The summed E-state index contributed by atoms with van der Waals surface area (Å²) in [7, 11) is 2.04. The number of carbonyl (C=O) groups excluding carboxylic acids is 1. The minimum atomic E-state index is -0.288. The van der Waals surface area contributed by atoms with Crippen LogP contribution in [0.4, 0.5) is 4.39 Å². The molecule has 0 saturated heterocycles. The molecule has 1 saturated carbocycles. The lowest BCUT2D eigenvalue weighted by molar-refractivity contribution is -0.134. The van der Waals surface area contributed by atoms with E-state index in [9.17, 15) is 9.18 Å². The molecule has 1 amide bonds. The molecule has 2 aliphatic rings. The molecule has 0 spiro atoms. The molecule has 1 fully saturated rings. The van der Waals surface area contributed by atoms with E-state index in [4.69, 9.17) is 5.10 Å². The fraction of sp³-hybridized carbons (Fsp3) is 0.462. The van der Waals surface area contributed by atoms with Crippen LogP contribution in [0.15, 0.2) is 47.6 Å². The smallest absolute Gasteiger partial charge is 0.257 e. The summed E-state index contributed by atoms with van der Waals surface area (Å²) in [6.07, 6.45) is 6.63. The molecule has 1 aliphatic heterocycles. The van der Waals surface area contributed by atoms with E-state index >= 15 is 0 Å². The van der Waals surface area contributed by atoms with Gasteiger partial charge in [-0.1, -0.05) is 49.1 Å². The van der Waals surface area contributed by atoms with Crippen LogP contribution in [0.2, 0.25) is 0 Å². The van der Waals surface area contributed by atoms with Crippen LogP contribution in [-0.4, -0.2) is 41.2 Å². The van der Waals surface area contributed by atoms with Gasteiger partial charge in [0, 0.05) is 18.0 Å². The first-order chi connectivity index (χ1) is 14.9. The van der Waals surface area contributed by atoms with Gasteiger partial charge in [0.1, 0.15) is 5.82 Å². The number of hydrogen-bond acceptors (Lipinski definition) is 3. The molecular formula is C26H32FN3O. The lowest BCUT2D eigenvalue weighted by Crippen LogP contribution is -2.42. The Bertz CT molecular complexity index is 980. The van der Waals surface area contributed by atoms with Gasteiger partial charge < -0.3 is 0 Å². The van der Waals surface area contributed by atoms with E-state index in [-0.39, 0.29) is 17.8 Å². The summed E-state index contributed by atoms with van der Waals surface area (Å²) in [4.78, 5) is 15.6. The number of nitrogens with zero attached hydrogens (tertiary/aromatic N) is 3. The van der Waals surface area contributed by atoms with Gasteiger partial charge in [0.25, 0.3) is 5.91 Å². The molecule has 4 nitrogen and oxygen atoms in total. The average Bonchev–Trinajstić information content (AvgIpc) is 3.21. The maximum Gasteiger partial charge on any atom is 0.257 e. The molecule has 0 unspecified atom stereocenters. The van der Waals surface area contributed by atoms with Crippen molar-refractivity contribution in [3.63, 3.8) is 0 Å². The third-order valence-electron chi connectivity index (χ3n) is 6.69. The van der Waals surface area contributed by atoms with E-state index in [0.29, 0.717) is 19.0 Å². The van der Waals surface area contributed by atoms with Crippen molar-refractivity contribution in [1.29, 1.82) is 0 Å². The van der Waals surface area contributed by atoms with Crippen LogP contribution in [0.1, 0.15) is 66.8 Å². The van der Waals surface area contributed by atoms with Gasteiger partial charge in [-0.05, 0) is 63.1 Å². The summed E-state index contributed by atoms with van der Waals surface area (Å²) < 4.78 is 14.0. The Morgan fingerprint density at radius 3 is 2.65 bits per heavy atom. The molecule has 1 aliphatic carbocycles. The summed E-state index contributed by atoms with van der Waals surface area (Å²) in [6, 6.07) is 13.0. The second-order valence-electron chi connectivity index (χ2n) is 9.09. The fourth-order valence-electron chi connectivity index (χ4n) is 4.86. The Labute approximate surface area is 184 Å². The maximum absolute atomic E-state index is 14.0. The zero-order chi connectivity index (χ0) is 22.0. The van der Waals surface area contributed by atoms with Gasteiger partial charge in [0.15, 0.2) is 0 Å². The Morgan fingerprint density at radius 2 is 1.90 bits per heavy atom. The second kappa shape index (κ2) is 9.31. The Hall–Kier alpha value is -2.53. The van der Waals surface area contributed by atoms with Gasteiger partial charge in [-0.3, -0.25) is 9.69 Å². The third-order valence-corrected chi connectivity index (χ3v) is 6.69. The van der Waals surface area contributed by atoms with Crippen LogP contribution in [0.3, 0.4) is 0 Å². The predicted molar refractivity (Wildman–Crippen MR) is 123 cm³/mol. The van der Waals surface area contributed by atoms with E-state index in [2.05, 4.69) is 36.9 Å². The van der Waals surface area contributed by atoms with Crippen molar-refractivity contribution in [2.24, 2.45) is 5.10 Å². The number of hydrogen-bond donors (Lipinski definition) is 0. The lowest BCUT2D eigenvalue weighted by atomic mass is 9.94. The van der Waals surface area contributed by atoms with Crippen molar-refractivity contribution in [3.8, 4) is 0 Å². The topological polar surface area (TPSA) is 35.9 Å². The highest BCUT2D eigenvalue weighted by Crippen LogP contribution is 2.34. The van der Waals surface area contributed by atoms with Crippen LogP contribution >= 0.6 is 0 Å². The Kier molecular flexibility index (Phi) is 6.51. The lowest BCUT2D eigenvalue weighted by Gasteiger charge is -2.32. The zero-order valence-corrected chi connectivity index (χ0v) is 18.8.